The molecule has 0 spiro atoms. The number of hydrogen-bond donors (Lipinski definition) is 1. The van der Waals surface area contributed by atoms with Crippen LogP contribution in [0.5, 0.6) is 0 Å². The van der Waals surface area contributed by atoms with Gasteiger partial charge in [-0.25, -0.2) is 8.78 Å². The van der Waals surface area contributed by atoms with Gasteiger partial charge in [0.2, 0.25) is 0 Å². The Morgan fingerprint density at radius 3 is 2.50 bits per heavy atom. The molecule has 1 amide bonds. The van der Waals surface area contributed by atoms with Crippen LogP contribution in [0.4, 0.5) is 14.5 Å². The number of carbonyl (C=O) groups is 1. The molecule has 2 aromatic carbocycles. The second-order valence-corrected chi connectivity index (χ2v) is 5.98. The molecule has 0 aliphatic rings. The number of carbonyl (C=O) groups excluding carboxylic acids is 1. The number of aromatic nitrogens is 1. The molecule has 0 atom stereocenters. The minimum absolute atomic E-state index is 0.0780. The fourth-order valence-electron chi connectivity index (χ4n) is 2.41. The van der Waals surface area contributed by atoms with E-state index in [1.165, 1.54) is 16.8 Å². The molecule has 3 rings (SSSR count). The molecule has 1 aromatic heterocycles. The number of hydrogen-bond acceptors (Lipinski definition) is 2. The van der Waals surface area contributed by atoms with Crippen LogP contribution in [0.25, 0.3) is 0 Å². The first-order chi connectivity index (χ1) is 12.4. The van der Waals surface area contributed by atoms with Gasteiger partial charge in [-0.15, -0.1) is 0 Å². The van der Waals surface area contributed by atoms with E-state index >= 15 is 0 Å². The largest absolute Gasteiger partial charge is 0.319 e. The van der Waals surface area contributed by atoms with E-state index in [0.29, 0.717) is 6.07 Å². The Kier molecular flexibility index (Phi) is 5.14. The van der Waals surface area contributed by atoms with Crippen LogP contribution in [0.1, 0.15) is 15.9 Å². The van der Waals surface area contributed by atoms with Gasteiger partial charge in [0.1, 0.15) is 16.7 Å². The highest BCUT2D eigenvalue weighted by Gasteiger charge is 2.14. The van der Waals surface area contributed by atoms with E-state index in [2.05, 4.69) is 5.32 Å². The summed E-state index contributed by atoms with van der Waals surface area (Å²) < 4.78 is 28.0. The van der Waals surface area contributed by atoms with Crippen LogP contribution in [-0.2, 0) is 6.54 Å². The zero-order valence-corrected chi connectivity index (χ0v) is 14.1. The molecule has 0 aliphatic heterocycles. The number of rotatable bonds is 4. The van der Waals surface area contributed by atoms with E-state index in [0.717, 1.165) is 17.7 Å². The SMILES string of the molecule is O=C(Nc1ccc(F)cc1F)c1cc(Cl)c(=O)n(Cc2ccccc2)c1. The molecule has 0 saturated heterocycles. The molecule has 1 heterocycles. The van der Waals surface area contributed by atoms with Gasteiger partial charge < -0.3 is 9.88 Å². The van der Waals surface area contributed by atoms with Gasteiger partial charge in [0, 0.05) is 12.3 Å². The summed E-state index contributed by atoms with van der Waals surface area (Å²) in [5.74, 6) is -2.32. The molecular weight excluding hydrogens is 362 g/mol. The third kappa shape index (κ3) is 3.97. The second kappa shape index (κ2) is 7.49. The van der Waals surface area contributed by atoms with Crippen LogP contribution >= 0.6 is 11.6 Å². The van der Waals surface area contributed by atoms with Crippen molar-refractivity contribution < 1.29 is 13.6 Å². The lowest BCUT2D eigenvalue weighted by atomic mass is 10.2. The molecule has 0 fully saturated rings. The first-order valence-corrected chi connectivity index (χ1v) is 8.02. The van der Waals surface area contributed by atoms with Crippen LogP contribution in [0, 0.1) is 11.6 Å². The molecule has 26 heavy (non-hydrogen) atoms. The molecule has 0 aliphatic carbocycles. The highest BCUT2D eigenvalue weighted by Crippen LogP contribution is 2.17. The van der Waals surface area contributed by atoms with Gasteiger partial charge >= 0.3 is 0 Å². The van der Waals surface area contributed by atoms with Gasteiger partial charge in [-0.1, -0.05) is 41.9 Å². The van der Waals surface area contributed by atoms with E-state index < -0.39 is 23.1 Å². The normalized spacial score (nSPS) is 10.6. The minimum atomic E-state index is -0.901. The van der Waals surface area contributed by atoms with Gasteiger partial charge in [-0.05, 0) is 23.8 Å². The van der Waals surface area contributed by atoms with Crippen molar-refractivity contribution in [1.29, 1.82) is 0 Å². The van der Waals surface area contributed by atoms with Crippen molar-refractivity contribution in [2.75, 3.05) is 5.32 Å². The van der Waals surface area contributed by atoms with E-state index in [-0.39, 0.29) is 22.8 Å². The highest BCUT2D eigenvalue weighted by molar-refractivity contribution is 6.30. The highest BCUT2D eigenvalue weighted by atomic mass is 35.5. The summed E-state index contributed by atoms with van der Waals surface area (Å²) in [5, 5.41) is 2.21. The molecule has 132 valence electrons. The second-order valence-electron chi connectivity index (χ2n) is 5.57. The van der Waals surface area contributed by atoms with Crippen LogP contribution in [0.2, 0.25) is 5.02 Å². The van der Waals surface area contributed by atoms with Gasteiger partial charge in [0.05, 0.1) is 17.8 Å². The fraction of sp³-hybridized carbons (Fsp3) is 0.0526. The van der Waals surface area contributed by atoms with E-state index in [9.17, 15) is 18.4 Å². The Morgan fingerprint density at radius 2 is 1.81 bits per heavy atom. The molecule has 0 saturated carbocycles. The minimum Gasteiger partial charge on any atom is -0.319 e. The van der Waals surface area contributed by atoms with E-state index in [4.69, 9.17) is 11.6 Å². The molecule has 1 N–H and O–H groups in total. The maximum absolute atomic E-state index is 13.7. The Morgan fingerprint density at radius 1 is 1.08 bits per heavy atom. The van der Waals surface area contributed by atoms with Crippen molar-refractivity contribution >= 4 is 23.2 Å². The molecule has 7 heteroatoms. The van der Waals surface area contributed by atoms with Crippen LogP contribution in [0.3, 0.4) is 0 Å². The average Bonchev–Trinajstić information content (AvgIpc) is 2.62. The van der Waals surface area contributed by atoms with Crippen molar-refractivity contribution in [2.45, 2.75) is 6.54 Å². The molecule has 0 unspecified atom stereocenters. The van der Waals surface area contributed by atoms with Crippen molar-refractivity contribution in [1.82, 2.24) is 4.57 Å². The number of anilines is 1. The summed E-state index contributed by atoms with van der Waals surface area (Å²) in [5.41, 5.74) is 0.315. The summed E-state index contributed by atoms with van der Waals surface area (Å²) in [6, 6.07) is 13.2. The zero-order chi connectivity index (χ0) is 18.7. The topological polar surface area (TPSA) is 51.1 Å². The van der Waals surface area contributed by atoms with Crippen molar-refractivity contribution in [3.8, 4) is 0 Å². The lowest BCUT2D eigenvalue weighted by molar-refractivity contribution is 0.102. The number of nitrogens with zero attached hydrogens (tertiary/aromatic N) is 1. The first kappa shape index (κ1) is 17.8. The van der Waals surface area contributed by atoms with Gasteiger partial charge in [-0.3, -0.25) is 9.59 Å². The number of amides is 1. The summed E-state index contributed by atoms with van der Waals surface area (Å²) in [7, 11) is 0. The standard InChI is InChI=1S/C19H13ClF2N2O2/c20-15-8-13(18(25)23-17-7-6-14(21)9-16(17)22)11-24(19(15)26)10-12-4-2-1-3-5-12/h1-9,11H,10H2,(H,23,25). The Bertz CT molecular complexity index is 1020. The van der Waals surface area contributed by atoms with Crippen molar-refractivity contribution in [3.63, 3.8) is 0 Å². The predicted octanol–water partition coefficient (Wildman–Crippen LogP) is 4.08. The summed E-state index contributed by atoms with van der Waals surface area (Å²) >= 11 is 5.95. The maximum atomic E-state index is 13.7. The number of benzene rings is 2. The summed E-state index contributed by atoms with van der Waals surface area (Å²) in [6.45, 7) is 0.228. The monoisotopic (exact) mass is 374 g/mol. The van der Waals surface area contributed by atoms with Crippen molar-refractivity contribution in [2.24, 2.45) is 0 Å². The molecular formula is C19H13ClF2N2O2. The average molecular weight is 375 g/mol. The Hall–Kier alpha value is -2.99. The molecule has 0 bridgehead atoms. The Labute approximate surface area is 152 Å². The van der Waals surface area contributed by atoms with Gasteiger partial charge in [0.25, 0.3) is 11.5 Å². The molecule has 3 aromatic rings. The lowest BCUT2D eigenvalue weighted by Gasteiger charge is -2.11. The number of pyridine rings is 1. The van der Waals surface area contributed by atoms with E-state index in [1.807, 2.05) is 30.3 Å². The third-order valence-corrected chi connectivity index (χ3v) is 3.95. The van der Waals surface area contributed by atoms with Gasteiger partial charge in [0.15, 0.2) is 0 Å². The smallest absolute Gasteiger partial charge is 0.269 e. The quantitative estimate of drug-likeness (QED) is 0.748. The van der Waals surface area contributed by atoms with Crippen LogP contribution < -0.4 is 10.9 Å². The zero-order valence-electron chi connectivity index (χ0n) is 13.4. The van der Waals surface area contributed by atoms with Gasteiger partial charge in [-0.2, -0.15) is 0 Å². The third-order valence-electron chi connectivity index (χ3n) is 3.68. The summed E-state index contributed by atoms with van der Waals surface area (Å²) in [6.07, 6.45) is 1.35. The van der Waals surface area contributed by atoms with Crippen LogP contribution in [0.15, 0.2) is 65.6 Å². The van der Waals surface area contributed by atoms with Crippen molar-refractivity contribution in [3.05, 3.63) is 98.9 Å². The molecule has 4 nitrogen and oxygen atoms in total. The fourth-order valence-corrected chi connectivity index (χ4v) is 2.63. The first-order valence-electron chi connectivity index (χ1n) is 7.64. The van der Waals surface area contributed by atoms with Crippen LogP contribution in [-0.4, -0.2) is 10.5 Å². The number of halogens is 3. The molecule has 0 radical (unpaired) electrons. The maximum Gasteiger partial charge on any atom is 0.269 e. The van der Waals surface area contributed by atoms with E-state index in [1.54, 1.807) is 0 Å². The Balaban J connectivity index is 1.90. The number of nitrogens with one attached hydrogen (secondary N) is 1. The predicted molar refractivity (Wildman–Crippen MR) is 95.6 cm³/mol. The lowest BCUT2D eigenvalue weighted by Crippen LogP contribution is -2.24. The summed E-state index contributed by atoms with van der Waals surface area (Å²) in [4.78, 5) is 24.6.